The highest BCUT2D eigenvalue weighted by molar-refractivity contribution is 5.77. The number of benzene rings is 1. The second kappa shape index (κ2) is 8.46. The fraction of sp³-hybridized carbons (Fsp3) is 0.421. The minimum Gasteiger partial charge on any atom is -0.484 e. The van der Waals surface area contributed by atoms with Crippen molar-refractivity contribution in [2.45, 2.75) is 19.8 Å². The number of aromatic nitrogens is 2. The van der Waals surface area contributed by atoms with E-state index in [2.05, 4.69) is 20.2 Å². The predicted molar refractivity (Wildman–Crippen MR) is 96.7 cm³/mol. The molecular weight excluding hydrogens is 316 g/mol. The lowest BCUT2D eigenvalue weighted by molar-refractivity contribution is -0.123. The summed E-state index contributed by atoms with van der Waals surface area (Å²) in [6.45, 7) is 4.56. The molecule has 0 bridgehead atoms. The summed E-state index contributed by atoms with van der Waals surface area (Å²) in [7, 11) is 0. The van der Waals surface area contributed by atoms with E-state index in [1.165, 1.54) is 0 Å². The van der Waals surface area contributed by atoms with Crippen LogP contribution in [0.5, 0.6) is 5.75 Å². The van der Waals surface area contributed by atoms with E-state index in [0.29, 0.717) is 12.5 Å². The SMILES string of the molecule is Cc1ccccc1OCC(=O)NCC1CCN(c2ncccn2)CC1. The van der Waals surface area contributed by atoms with Crippen molar-refractivity contribution in [3.8, 4) is 5.75 Å². The number of aryl methyl sites for hydroxylation is 1. The quantitative estimate of drug-likeness (QED) is 0.873. The van der Waals surface area contributed by atoms with Gasteiger partial charge in [-0.15, -0.1) is 0 Å². The Labute approximate surface area is 148 Å². The van der Waals surface area contributed by atoms with E-state index in [0.717, 1.165) is 43.2 Å². The summed E-state index contributed by atoms with van der Waals surface area (Å²) in [4.78, 5) is 22.8. The maximum Gasteiger partial charge on any atom is 0.257 e. The molecule has 6 heteroatoms. The van der Waals surface area contributed by atoms with Crippen LogP contribution in [-0.4, -0.2) is 42.1 Å². The Hall–Kier alpha value is -2.63. The first kappa shape index (κ1) is 17.2. The van der Waals surface area contributed by atoms with Crippen molar-refractivity contribution < 1.29 is 9.53 Å². The number of amides is 1. The molecule has 0 unspecified atom stereocenters. The Kier molecular flexibility index (Phi) is 5.82. The third-order valence-electron chi connectivity index (χ3n) is 4.49. The number of carbonyl (C=O) groups excluding carboxylic acids is 1. The molecule has 1 aromatic heterocycles. The number of nitrogens with one attached hydrogen (secondary N) is 1. The first-order valence-corrected chi connectivity index (χ1v) is 8.69. The molecule has 1 aliphatic rings. The minimum absolute atomic E-state index is 0.0571. The summed E-state index contributed by atoms with van der Waals surface area (Å²) in [6, 6.07) is 9.53. The minimum atomic E-state index is -0.0722. The van der Waals surface area contributed by atoms with E-state index >= 15 is 0 Å². The normalized spacial score (nSPS) is 15.0. The fourth-order valence-electron chi connectivity index (χ4n) is 2.96. The van der Waals surface area contributed by atoms with Crippen LogP contribution in [0.1, 0.15) is 18.4 Å². The van der Waals surface area contributed by atoms with Crippen LogP contribution < -0.4 is 15.0 Å². The van der Waals surface area contributed by atoms with Crippen molar-refractivity contribution in [1.82, 2.24) is 15.3 Å². The monoisotopic (exact) mass is 340 g/mol. The summed E-state index contributed by atoms with van der Waals surface area (Å²) >= 11 is 0. The summed E-state index contributed by atoms with van der Waals surface area (Å²) in [6.07, 6.45) is 5.58. The molecule has 25 heavy (non-hydrogen) atoms. The molecule has 1 fully saturated rings. The van der Waals surface area contributed by atoms with Crippen molar-refractivity contribution in [3.63, 3.8) is 0 Å². The van der Waals surface area contributed by atoms with E-state index in [1.54, 1.807) is 12.4 Å². The fourth-order valence-corrected chi connectivity index (χ4v) is 2.96. The highest BCUT2D eigenvalue weighted by Crippen LogP contribution is 2.19. The van der Waals surface area contributed by atoms with Crippen molar-refractivity contribution >= 4 is 11.9 Å². The predicted octanol–water partition coefficient (Wildman–Crippen LogP) is 2.20. The smallest absolute Gasteiger partial charge is 0.257 e. The first-order chi connectivity index (χ1) is 12.2. The van der Waals surface area contributed by atoms with Crippen molar-refractivity contribution in [2.24, 2.45) is 5.92 Å². The molecule has 1 saturated heterocycles. The number of para-hydroxylation sites is 1. The lowest BCUT2D eigenvalue weighted by Crippen LogP contribution is -2.40. The lowest BCUT2D eigenvalue weighted by atomic mass is 9.97. The van der Waals surface area contributed by atoms with Gasteiger partial charge in [0.05, 0.1) is 0 Å². The second-order valence-electron chi connectivity index (χ2n) is 6.34. The number of hydrogen-bond acceptors (Lipinski definition) is 5. The van der Waals surface area contributed by atoms with E-state index in [9.17, 15) is 4.79 Å². The van der Waals surface area contributed by atoms with Crippen molar-refractivity contribution in [3.05, 3.63) is 48.3 Å². The average molecular weight is 340 g/mol. The molecule has 1 aromatic carbocycles. The van der Waals surface area contributed by atoms with Crippen LogP contribution in [0.4, 0.5) is 5.95 Å². The molecule has 1 N–H and O–H groups in total. The average Bonchev–Trinajstić information content (AvgIpc) is 2.67. The van der Waals surface area contributed by atoms with Gasteiger partial charge in [0.1, 0.15) is 5.75 Å². The van der Waals surface area contributed by atoms with E-state index in [4.69, 9.17) is 4.74 Å². The highest BCUT2D eigenvalue weighted by atomic mass is 16.5. The van der Waals surface area contributed by atoms with Crippen LogP contribution in [0.25, 0.3) is 0 Å². The van der Waals surface area contributed by atoms with Crippen molar-refractivity contribution in [1.29, 1.82) is 0 Å². The van der Waals surface area contributed by atoms with Gasteiger partial charge in [-0.3, -0.25) is 4.79 Å². The molecule has 2 aromatic rings. The number of ether oxygens (including phenoxy) is 1. The molecule has 6 nitrogen and oxygen atoms in total. The van der Waals surface area contributed by atoms with Crippen LogP contribution in [0, 0.1) is 12.8 Å². The standard InChI is InChI=1S/C19H24N4O2/c1-15-5-2-3-6-17(15)25-14-18(24)22-13-16-7-11-23(12-8-16)19-20-9-4-10-21-19/h2-6,9-10,16H,7-8,11-14H2,1H3,(H,22,24). The van der Waals surface area contributed by atoms with Crippen LogP contribution >= 0.6 is 0 Å². The first-order valence-electron chi connectivity index (χ1n) is 8.69. The van der Waals surface area contributed by atoms with Gasteiger partial charge >= 0.3 is 0 Å². The summed E-state index contributed by atoms with van der Waals surface area (Å²) in [5, 5.41) is 2.98. The molecule has 1 aliphatic heterocycles. The Balaban J connectivity index is 1.37. The van der Waals surface area contributed by atoms with Crippen LogP contribution in [0.15, 0.2) is 42.7 Å². The number of hydrogen-bond donors (Lipinski definition) is 1. The van der Waals surface area contributed by atoms with E-state index < -0.39 is 0 Å². The van der Waals surface area contributed by atoms with Crippen LogP contribution in [-0.2, 0) is 4.79 Å². The highest BCUT2D eigenvalue weighted by Gasteiger charge is 2.21. The third kappa shape index (κ3) is 4.92. The number of anilines is 1. The van der Waals surface area contributed by atoms with Gasteiger partial charge in [0.2, 0.25) is 5.95 Å². The Bertz CT molecular complexity index is 685. The van der Waals surface area contributed by atoms with Gasteiger partial charge in [0, 0.05) is 32.0 Å². The van der Waals surface area contributed by atoms with Gasteiger partial charge in [0.15, 0.2) is 6.61 Å². The Morgan fingerprint density at radius 2 is 1.92 bits per heavy atom. The molecule has 0 aliphatic carbocycles. The zero-order chi connectivity index (χ0) is 17.5. The van der Waals surface area contributed by atoms with Gasteiger partial charge in [0.25, 0.3) is 5.91 Å². The van der Waals surface area contributed by atoms with Crippen LogP contribution in [0.3, 0.4) is 0 Å². The molecule has 1 amide bonds. The molecule has 0 atom stereocenters. The number of piperidine rings is 1. The Morgan fingerprint density at radius 3 is 2.64 bits per heavy atom. The zero-order valence-electron chi connectivity index (χ0n) is 14.5. The maximum atomic E-state index is 12.0. The summed E-state index contributed by atoms with van der Waals surface area (Å²) in [5.74, 6) is 1.96. The van der Waals surface area contributed by atoms with Crippen LogP contribution in [0.2, 0.25) is 0 Å². The summed E-state index contributed by atoms with van der Waals surface area (Å²) < 4.78 is 5.58. The largest absolute Gasteiger partial charge is 0.484 e. The lowest BCUT2D eigenvalue weighted by Gasteiger charge is -2.31. The maximum absolute atomic E-state index is 12.0. The van der Waals surface area contributed by atoms with Gasteiger partial charge in [-0.05, 0) is 43.4 Å². The Morgan fingerprint density at radius 1 is 1.20 bits per heavy atom. The summed E-state index contributed by atoms with van der Waals surface area (Å²) in [5.41, 5.74) is 1.03. The molecule has 0 spiro atoms. The van der Waals surface area contributed by atoms with Gasteiger partial charge in [-0.2, -0.15) is 0 Å². The molecule has 0 radical (unpaired) electrons. The topological polar surface area (TPSA) is 67.3 Å². The van der Waals surface area contributed by atoms with E-state index in [1.807, 2.05) is 37.3 Å². The molecule has 3 rings (SSSR count). The molecular formula is C19H24N4O2. The van der Waals surface area contributed by atoms with E-state index in [-0.39, 0.29) is 12.5 Å². The van der Waals surface area contributed by atoms with Gasteiger partial charge < -0.3 is 15.0 Å². The number of rotatable bonds is 6. The van der Waals surface area contributed by atoms with Gasteiger partial charge in [-0.1, -0.05) is 18.2 Å². The number of nitrogens with zero attached hydrogens (tertiary/aromatic N) is 3. The molecule has 2 heterocycles. The third-order valence-corrected chi connectivity index (χ3v) is 4.49. The van der Waals surface area contributed by atoms with Gasteiger partial charge in [-0.25, -0.2) is 9.97 Å². The number of carbonyl (C=O) groups is 1. The molecule has 132 valence electrons. The zero-order valence-corrected chi connectivity index (χ0v) is 14.5. The van der Waals surface area contributed by atoms with Crippen molar-refractivity contribution in [2.75, 3.05) is 31.1 Å². The second-order valence-corrected chi connectivity index (χ2v) is 6.34. The molecule has 0 saturated carbocycles.